The van der Waals surface area contributed by atoms with E-state index in [0.717, 1.165) is 75.2 Å². The van der Waals surface area contributed by atoms with Crippen molar-refractivity contribution >= 4 is 21.5 Å². The van der Waals surface area contributed by atoms with Crippen LogP contribution in [0.1, 0.15) is 76.6 Å². The van der Waals surface area contributed by atoms with Gasteiger partial charge in [0.15, 0.2) is 9.84 Å². The topological polar surface area (TPSA) is 114 Å². The fourth-order valence-corrected chi connectivity index (χ4v) is 12.6. The van der Waals surface area contributed by atoms with Crippen LogP contribution in [0.2, 0.25) is 0 Å². The molecular weight excluding hydrogens is 708 g/mol. The number of aliphatic hydroxyl groups is 1. The minimum absolute atomic E-state index is 0.147. The zero-order valence-corrected chi connectivity index (χ0v) is 33.1. The Hall–Kier alpha value is -3.32. The molecule has 12 heteroatoms. The standard InChI is InChI=1S/C42H57FN4O6S/c1-5-38-44-18-21-46(38)29-42(32-9-7-10-33(43)23-32,37-11-6-8-30(37)22-39(48)52-3)31-16-19-45(20-17-31)26-41(53-4)27-47(28-41)34-12-14-35(15-13-34)54(50,51)36-24-40(2,49)25-36/h7,9-10,12-15,18,21,23,30-31,36-37,49H,5-6,8,11,16-17,19-20,22,24-29H2,1-4H3/t30-,36?,37+,40?,42+/m1/s1. The molecule has 10 nitrogen and oxygen atoms in total. The minimum atomic E-state index is -3.47. The second kappa shape index (κ2) is 15.3. The van der Waals surface area contributed by atoms with Crippen LogP contribution in [0, 0.1) is 23.6 Å². The smallest absolute Gasteiger partial charge is 0.305 e. The molecule has 4 fully saturated rings. The molecule has 2 aromatic carbocycles. The number of halogens is 1. The summed E-state index contributed by atoms with van der Waals surface area (Å²) in [5.74, 6) is 1.17. The summed E-state index contributed by atoms with van der Waals surface area (Å²) in [4.78, 5) is 22.4. The molecule has 2 aliphatic heterocycles. The summed E-state index contributed by atoms with van der Waals surface area (Å²) in [6, 6.07) is 14.3. The normalized spacial score (nSPS) is 27.2. The van der Waals surface area contributed by atoms with Crippen molar-refractivity contribution in [1.82, 2.24) is 14.5 Å². The summed E-state index contributed by atoms with van der Waals surface area (Å²) >= 11 is 0. The number of hydrogen-bond acceptors (Lipinski definition) is 9. The molecule has 0 spiro atoms. The van der Waals surface area contributed by atoms with E-state index in [1.54, 1.807) is 32.2 Å². The Morgan fingerprint density at radius 3 is 2.41 bits per heavy atom. The molecule has 0 radical (unpaired) electrons. The highest BCUT2D eigenvalue weighted by Gasteiger charge is 2.53. The predicted molar refractivity (Wildman–Crippen MR) is 206 cm³/mol. The highest BCUT2D eigenvalue weighted by Crippen LogP contribution is 2.55. The first-order chi connectivity index (χ1) is 25.8. The molecule has 0 unspecified atom stereocenters. The van der Waals surface area contributed by atoms with Crippen molar-refractivity contribution in [3.8, 4) is 0 Å². The Morgan fingerprint density at radius 2 is 1.78 bits per heavy atom. The molecule has 2 saturated carbocycles. The van der Waals surface area contributed by atoms with Crippen molar-refractivity contribution in [1.29, 1.82) is 0 Å². The number of hydrogen-bond donors (Lipinski definition) is 1. The number of carbonyl (C=O) groups is 1. The summed E-state index contributed by atoms with van der Waals surface area (Å²) in [6.07, 6.45) is 10.5. The third kappa shape index (κ3) is 7.47. The number of likely N-dealkylation sites (tertiary alicyclic amines) is 1. The number of piperidine rings is 1. The Kier molecular flexibility index (Phi) is 11.0. The average Bonchev–Trinajstić information content (AvgIpc) is 3.80. The maximum absolute atomic E-state index is 15.2. The Bertz CT molecular complexity index is 1880. The monoisotopic (exact) mass is 764 g/mol. The van der Waals surface area contributed by atoms with Gasteiger partial charge in [0.1, 0.15) is 17.2 Å². The third-order valence-electron chi connectivity index (χ3n) is 13.4. The first-order valence-electron chi connectivity index (χ1n) is 19.7. The molecule has 1 N–H and O–H groups in total. The second-order valence-corrected chi connectivity index (χ2v) is 19.0. The zero-order chi connectivity index (χ0) is 38.3. The van der Waals surface area contributed by atoms with E-state index in [0.29, 0.717) is 31.0 Å². The van der Waals surface area contributed by atoms with Gasteiger partial charge in [-0.05, 0) is 118 Å². The lowest BCUT2D eigenvalue weighted by atomic mass is 9.57. The number of nitrogens with zero attached hydrogens (tertiary/aromatic N) is 4. The molecule has 2 saturated heterocycles. The lowest BCUT2D eigenvalue weighted by Gasteiger charge is -2.54. The summed E-state index contributed by atoms with van der Waals surface area (Å²) in [7, 11) is -0.236. The maximum Gasteiger partial charge on any atom is 0.305 e. The van der Waals surface area contributed by atoms with Gasteiger partial charge in [0.05, 0.1) is 35.9 Å². The second-order valence-electron chi connectivity index (χ2n) is 16.8. The molecule has 3 atom stereocenters. The summed E-state index contributed by atoms with van der Waals surface area (Å²) in [5, 5.41) is 9.55. The van der Waals surface area contributed by atoms with E-state index in [1.165, 1.54) is 13.2 Å². The number of aromatic nitrogens is 2. The molecule has 1 aromatic heterocycles. The number of methoxy groups -OCH3 is 2. The van der Waals surface area contributed by atoms with Gasteiger partial charge in [-0.1, -0.05) is 25.5 Å². The van der Waals surface area contributed by atoms with Crippen molar-refractivity contribution in [2.24, 2.45) is 17.8 Å². The summed E-state index contributed by atoms with van der Waals surface area (Å²) < 4.78 is 55.0. The van der Waals surface area contributed by atoms with Crippen LogP contribution in [-0.4, -0.2) is 97.3 Å². The average molecular weight is 765 g/mol. The molecule has 3 aromatic rings. The fraction of sp³-hybridized carbons (Fsp3) is 0.619. The first kappa shape index (κ1) is 38.9. The van der Waals surface area contributed by atoms with Gasteiger partial charge < -0.3 is 28.9 Å². The number of ether oxygens (including phenoxy) is 2. The lowest BCUT2D eigenvalue weighted by molar-refractivity contribution is -0.142. The van der Waals surface area contributed by atoms with Gasteiger partial charge >= 0.3 is 5.97 Å². The van der Waals surface area contributed by atoms with E-state index >= 15 is 4.39 Å². The maximum atomic E-state index is 15.2. The van der Waals surface area contributed by atoms with E-state index in [9.17, 15) is 18.3 Å². The predicted octanol–water partition coefficient (Wildman–Crippen LogP) is 5.81. The van der Waals surface area contributed by atoms with E-state index in [4.69, 9.17) is 9.47 Å². The Balaban J connectivity index is 1.08. The number of benzene rings is 2. The molecule has 0 amide bonds. The van der Waals surface area contributed by atoms with Gasteiger partial charge in [0.25, 0.3) is 0 Å². The van der Waals surface area contributed by atoms with Gasteiger partial charge in [-0.2, -0.15) is 0 Å². The highest BCUT2D eigenvalue weighted by atomic mass is 32.2. The van der Waals surface area contributed by atoms with Crippen LogP contribution >= 0.6 is 0 Å². The Morgan fingerprint density at radius 1 is 1.06 bits per heavy atom. The zero-order valence-electron chi connectivity index (χ0n) is 32.3. The van der Waals surface area contributed by atoms with Gasteiger partial charge in [0, 0.05) is 56.5 Å². The molecule has 2 aliphatic carbocycles. The van der Waals surface area contributed by atoms with E-state index in [1.807, 2.05) is 24.4 Å². The van der Waals surface area contributed by atoms with Crippen LogP contribution in [0.15, 0.2) is 65.8 Å². The van der Waals surface area contributed by atoms with Crippen LogP contribution in [0.4, 0.5) is 10.1 Å². The summed E-state index contributed by atoms with van der Waals surface area (Å²) in [6.45, 7) is 8.43. The third-order valence-corrected chi connectivity index (χ3v) is 15.6. The Labute approximate surface area is 320 Å². The molecule has 4 aliphatic rings. The molecule has 7 rings (SSSR count). The molecule has 294 valence electrons. The van der Waals surface area contributed by atoms with Crippen molar-refractivity contribution < 1.29 is 32.2 Å². The summed E-state index contributed by atoms with van der Waals surface area (Å²) in [5.41, 5.74) is 0.321. The van der Waals surface area contributed by atoms with Crippen LogP contribution in [0.25, 0.3) is 0 Å². The number of sulfone groups is 1. The van der Waals surface area contributed by atoms with Gasteiger partial charge in [0.2, 0.25) is 0 Å². The molecular formula is C42H57FN4O6S. The SMILES string of the molecule is CCc1nccn1C[C@@](c1cccc(F)c1)(C1CCN(CC2(OC)CN(c3ccc(S(=O)(=O)C4CC(C)(O)C4)cc3)C2)CC1)[C@H]1CCC[C@@H]1CC(=O)OC. The van der Waals surface area contributed by atoms with E-state index in [-0.39, 0.29) is 48.0 Å². The van der Waals surface area contributed by atoms with E-state index < -0.39 is 26.1 Å². The molecule has 54 heavy (non-hydrogen) atoms. The van der Waals surface area contributed by atoms with Crippen molar-refractivity contribution in [3.63, 3.8) is 0 Å². The van der Waals surface area contributed by atoms with Gasteiger partial charge in [-0.3, -0.25) is 4.79 Å². The number of aryl methyl sites for hydroxylation is 1. The lowest BCUT2D eigenvalue weighted by Crippen LogP contribution is -2.68. The molecule has 0 bridgehead atoms. The van der Waals surface area contributed by atoms with Crippen molar-refractivity contribution in [2.45, 2.75) is 105 Å². The highest BCUT2D eigenvalue weighted by molar-refractivity contribution is 7.92. The van der Waals surface area contributed by atoms with Crippen molar-refractivity contribution in [3.05, 3.63) is 78.1 Å². The number of imidazole rings is 1. The van der Waals surface area contributed by atoms with Crippen molar-refractivity contribution in [2.75, 3.05) is 51.8 Å². The number of esters is 1. The largest absolute Gasteiger partial charge is 0.469 e. The van der Waals surface area contributed by atoms with Gasteiger partial charge in [-0.15, -0.1) is 0 Å². The molecule has 3 heterocycles. The fourth-order valence-electron chi connectivity index (χ4n) is 10.5. The quantitative estimate of drug-likeness (QED) is 0.204. The van der Waals surface area contributed by atoms with Crippen LogP contribution < -0.4 is 4.90 Å². The van der Waals surface area contributed by atoms with Crippen LogP contribution in [-0.2, 0) is 42.5 Å². The van der Waals surface area contributed by atoms with E-state index in [2.05, 4.69) is 38.5 Å². The van der Waals surface area contributed by atoms with Crippen LogP contribution in [0.3, 0.4) is 0 Å². The first-order valence-corrected chi connectivity index (χ1v) is 21.3. The minimum Gasteiger partial charge on any atom is -0.469 e. The number of carbonyl (C=O) groups excluding carboxylic acids is 1. The van der Waals surface area contributed by atoms with Gasteiger partial charge in [-0.25, -0.2) is 17.8 Å². The number of rotatable bonds is 14. The number of anilines is 1. The van der Waals surface area contributed by atoms with Crippen LogP contribution in [0.5, 0.6) is 0 Å².